The van der Waals surface area contributed by atoms with Gasteiger partial charge in [-0.15, -0.1) is 0 Å². The molecule has 1 atom stereocenters. The number of carbonyl (C=O) groups excluding carboxylic acids is 2. The maximum absolute atomic E-state index is 13.0. The van der Waals surface area contributed by atoms with Crippen molar-refractivity contribution >= 4 is 11.9 Å². The molecule has 6 nitrogen and oxygen atoms in total. The molecule has 33 heavy (non-hydrogen) atoms. The standard InChI is InChI=1S/C27H24O6/c1-15-5-9-19-22(11-15)31-23-14-17(28)7-10-20(23)27(19)21-12-16(6-8-18(21)25(30)33-27)13-24(29)32-26(2,3)4/h5-12,14,28H,13H2,1-4H3. The number of esters is 2. The third kappa shape index (κ3) is 3.42. The molecule has 168 valence electrons. The Morgan fingerprint density at radius 3 is 2.39 bits per heavy atom. The highest BCUT2D eigenvalue weighted by Crippen LogP contribution is 2.56. The second kappa shape index (κ2) is 7.10. The first kappa shape index (κ1) is 21.1. The molecule has 1 N–H and O–H groups in total. The molecular formula is C27H24O6. The maximum Gasteiger partial charge on any atom is 0.340 e. The Labute approximate surface area is 191 Å². The first-order chi connectivity index (χ1) is 15.6. The molecule has 3 aromatic rings. The Hall–Kier alpha value is -3.80. The fourth-order valence-corrected chi connectivity index (χ4v) is 4.52. The number of aromatic hydroxyl groups is 1. The maximum atomic E-state index is 13.0. The lowest BCUT2D eigenvalue weighted by atomic mass is 9.77. The van der Waals surface area contributed by atoms with E-state index in [1.54, 1.807) is 24.3 Å². The molecule has 3 aromatic carbocycles. The summed E-state index contributed by atoms with van der Waals surface area (Å²) in [4.78, 5) is 25.5. The number of aryl methyl sites for hydroxylation is 1. The van der Waals surface area contributed by atoms with Crippen molar-refractivity contribution in [3.63, 3.8) is 0 Å². The lowest BCUT2D eigenvalue weighted by Crippen LogP contribution is -2.33. The number of hydrogen-bond acceptors (Lipinski definition) is 6. The number of fused-ring (bicyclic) bond motifs is 6. The van der Waals surface area contributed by atoms with Crippen LogP contribution in [0.3, 0.4) is 0 Å². The number of ether oxygens (including phenoxy) is 3. The van der Waals surface area contributed by atoms with Gasteiger partial charge in [0.2, 0.25) is 0 Å². The van der Waals surface area contributed by atoms with Gasteiger partial charge < -0.3 is 19.3 Å². The van der Waals surface area contributed by atoms with Crippen LogP contribution in [0, 0.1) is 6.92 Å². The van der Waals surface area contributed by atoms with Crippen LogP contribution in [0.25, 0.3) is 0 Å². The van der Waals surface area contributed by atoms with Crippen LogP contribution in [-0.4, -0.2) is 22.6 Å². The molecule has 0 aliphatic carbocycles. The minimum absolute atomic E-state index is 0.0447. The summed E-state index contributed by atoms with van der Waals surface area (Å²) in [6, 6.07) is 15.7. The van der Waals surface area contributed by atoms with Crippen molar-refractivity contribution in [2.75, 3.05) is 0 Å². The van der Waals surface area contributed by atoms with Gasteiger partial charge in [0, 0.05) is 22.8 Å². The van der Waals surface area contributed by atoms with Gasteiger partial charge in [0.15, 0.2) is 5.60 Å². The topological polar surface area (TPSA) is 82.1 Å². The molecule has 0 bridgehead atoms. The number of phenolic OH excluding ortho intramolecular Hbond substituents is 1. The van der Waals surface area contributed by atoms with Gasteiger partial charge in [0.25, 0.3) is 0 Å². The summed E-state index contributed by atoms with van der Waals surface area (Å²) in [5.41, 5.74) is 2.21. The molecule has 0 radical (unpaired) electrons. The van der Waals surface area contributed by atoms with Gasteiger partial charge in [0.1, 0.15) is 22.8 Å². The number of carbonyl (C=O) groups is 2. The van der Waals surface area contributed by atoms with Crippen molar-refractivity contribution in [3.8, 4) is 17.2 Å². The van der Waals surface area contributed by atoms with Crippen LogP contribution in [0.1, 0.15) is 58.9 Å². The summed E-state index contributed by atoms with van der Waals surface area (Å²) in [5.74, 6) is 0.192. The van der Waals surface area contributed by atoms with Crippen LogP contribution in [0.2, 0.25) is 0 Å². The zero-order valence-electron chi connectivity index (χ0n) is 18.9. The molecule has 0 aromatic heterocycles. The summed E-state index contributed by atoms with van der Waals surface area (Å²) in [7, 11) is 0. The predicted octanol–water partition coefficient (Wildman–Crippen LogP) is 5.15. The second-order valence-electron chi connectivity index (χ2n) is 9.50. The number of benzene rings is 3. The number of rotatable bonds is 2. The van der Waals surface area contributed by atoms with Crippen LogP contribution in [0.4, 0.5) is 0 Å². The summed E-state index contributed by atoms with van der Waals surface area (Å²) < 4.78 is 17.7. The van der Waals surface area contributed by atoms with Crippen molar-refractivity contribution in [2.45, 2.75) is 45.3 Å². The van der Waals surface area contributed by atoms with E-state index in [4.69, 9.17) is 14.2 Å². The van der Waals surface area contributed by atoms with E-state index in [0.717, 1.165) is 5.56 Å². The van der Waals surface area contributed by atoms with Crippen LogP contribution in [0.5, 0.6) is 17.2 Å². The van der Waals surface area contributed by atoms with Crippen LogP contribution < -0.4 is 4.74 Å². The molecule has 6 heteroatoms. The zero-order valence-corrected chi connectivity index (χ0v) is 18.9. The highest BCUT2D eigenvalue weighted by Gasteiger charge is 2.53. The van der Waals surface area contributed by atoms with Crippen molar-refractivity contribution in [1.82, 2.24) is 0 Å². The average molecular weight is 444 g/mol. The number of hydrogen-bond donors (Lipinski definition) is 1. The van der Waals surface area contributed by atoms with E-state index in [1.807, 2.05) is 52.0 Å². The molecule has 2 aliphatic rings. The Bertz CT molecular complexity index is 1260. The summed E-state index contributed by atoms with van der Waals surface area (Å²) in [6.07, 6.45) is 0.0640. The SMILES string of the molecule is Cc1ccc2c(c1)Oc1cc(O)ccc1C21OC(=O)c2ccc(CC(=O)OC(C)(C)C)cc21. The molecule has 0 saturated heterocycles. The van der Waals surface area contributed by atoms with E-state index in [-0.39, 0.29) is 18.1 Å². The molecule has 0 amide bonds. The largest absolute Gasteiger partial charge is 0.508 e. The van der Waals surface area contributed by atoms with E-state index in [0.29, 0.717) is 39.3 Å². The van der Waals surface area contributed by atoms with Gasteiger partial charge in [-0.1, -0.05) is 18.2 Å². The van der Waals surface area contributed by atoms with E-state index < -0.39 is 17.2 Å². The Kier molecular flexibility index (Phi) is 4.53. The van der Waals surface area contributed by atoms with Crippen LogP contribution in [-0.2, 0) is 26.3 Å². The zero-order chi connectivity index (χ0) is 23.5. The molecule has 1 unspecified atom stereocenters. The first-order valence-corrected chi connectivity index (χ1v) is 10.8. The average Bonchev–Trinajstić information content (AvgIpc) is 2.98. The molecule has 0 saturated carbocycles. The monoisotopic (exact) mass is 444 g/mol. The third-order valence-electron chi connectivity index (χ3n) is 5.78. The second-order valence-corrected chi connectivity index (χ2v) is 9.50. The van der Waals surface area contributed by atoms with Crippen molar-refractivity contribution < 1.29 is 28.9 Å². The van der Waals surface area contributed by atoms with Crippen molar-refractivity contribution in [3.05, 3.63) is 88.0 Å². The van der Waals surface area contributed by atoms with Gasteiger partial charge in [-0.3, -0.25) is 4.79 Å². The lowest BCUT2D eigenvalue weighted by Gasteiger charge is -2.36. The fourth-order valence-electron chi connectivity index (χ4n) is 4.52. The first-order valence-electron chi connectivity index (χ1n) is 10.8. The quantitative estimate of drug-likeness (QED) is 0.551. The van der Waals surface area contributed by atoms with E-state index in [1.165, 1.54) is 6.07 Å². The smallest absolute Gasteiger partial charge is 0.340 e. The molecule has 2 aliphatic heterocycles. The highest BCUT2D eigenvalue weighted by molar-refractivity contribution is 5.97. The summed E-state index contributed by atoms with van der Waals surface area (Å²) in [5, 5.41) is 10.1. The normalized spacial score (nSPS) is 18.1. The molecule has 2 heterocycles. The molecular weight excluding hydrogens is 420 g/mol. The Morgan fingerprint density at radius 2 is 1.67 bits per heavy atom. The van der Waals surface area contributed by atoms with E-state index >= 15 is 0 Å². The van der Waals surface area contributed by atoms with Crippen molar-refractivity contribution in [2.24, 2.45) is 0 Å². The molecule has 1 spiro atoms. The van der Waals surface area contributed by atoms with Gasteiger partial charge in [-0.2, -0.15) is 0 Å². The highest BCUT2D eigenvalue weighted by atomic mass is 16.6. The van der Waals surface area contributed by atoms with Gasteiger partial charge in [-0.05, 0) is 69.2 Å². The molecule has 0 fully saturated rings. The van der Waals surface area contributed by atoms with Gasteiger partial charge in [0.05, 0.1) is 12.0 Å². The third-order valence-corrected chi connectivity index (χ3v) is 5.78. The Balaban J connectivity index is 1.70. The summed E-state index contributed by atoms with van der Waals surface area (Å²) in [6.45, 7) is 7.41. The fraction of sp³-hybridized carbons (Fsp3) is 0.259. The van der Waals surface area contributed by atoms with Crippen molar-refractivity contribution in [1.29, 1.82) is 0 Å². The van der Waals surface area contributed by atoms with Gasteiger partial charge >= 0.3 is 11.9 Å². The summed E-state index contributed by atoms with van der Waals surface area (Å²) >= 11 is 0. The lowest BCUT2D eigenvalue weighted by molar-refractivity contribution is -0.153. The minimum Gasteiger partial charge on any atom is -0.508 e. The van der Waals surface area contributed by atoms with Crippen LogP contribution >= 0.6 is 0 Å². The minimum atomic E-state index is -1.25. The van der Waals surface area contributed by atoms with Gasteiger partial charge in [-0.25, -0.2) is 4.79 Å². The Morgan fingerprint density at radius 1 is 0.970 bits per heavy atom. The molecule has 5 rings (SSSR count). The number of phenols is 1. The van der Waals surface area contributed by atoms with E-state index in [9.17, 15) is 14.7 Å². The predicted molar refractivity (Wildman–Crippen MR) is 121 cm³/mol. The van der Waals surface area contributed by atoms with E-state index in [2.05, 4.69) is 0 Å². The van der Waals surface area contributed by atoms with Crippen LogP contribution in [0.15, 0.2) is 54.6 Å².